The predicted molar refractivity (Wildman–Crippen MR) is 80.8 cm³/mol. The van der Waals surface area contributed by atoms with Gasteiger partial charge in [0, 0.05) is 15.7 Å². The molecule has 2 rings (SSSR count). The van der Waals surface area contributed by atoms with Crippen LogP contribution in [0.4, 0.5) is 5.69 Å². The van der Waals surface area contributed by atoms with Crippen molar-refractivity contribution in [3.8, 4) is 0 Å². The highest BCUT2D eigenvalue weighted by Gasteiger charge is 2.12. The van der Waals surface area contributed by atoms with Gasteiger partial charge < -0.3 is 5.32 Å². The monoisotopic (exact) mass is 338 g/mol. The van der Waals surface area contributed by atoms with E-state index in [1.165, 1.54) is 0 Å². The highest BCUT2D eigenvalue weighted by molar-refractivity contribution is 9.10. The summed E-state index contributed by atoms with van der Waals surface area (Å²) in [5.41, 5.74) is 2.81. The van der Waals surface area contributed by atoms with Crippen LogP contribution in [-0.2, 0) is 0 Å². The van der Waals surface area contributed by atoms with Crippen molar-refractivity contribution in [2.45, 2.75) is 13.8 Å². The fourth-order valence-corrected chi connectivity index (χ4v) is 2.37. The van der Waals surface area contributed by atoms with Gasteiger partial charge in [-0.3, -0.25) is 9.78 Å². The van der Waals surface area contributed by atoms with Crippen molar-refractivity contribution < 1.29 is 4.79 Å². The first kappa shape index (κ1) is 14.0. The Kier molecular flexibility index (Phi) is 4.22. The summed E-state index contributed by atoms with van der Waals surface area (Å²) in [5.74, 6) is -0.251. The molecule has 0 aliphatic rings. The lowest BCUT2D eigenvalue weighted by atomic mass is 10.2. The third-order valence-corrected chi connectivity index (χ3v) is 3.78. The van der Waals surface area contributed by atoms with Gasteiger partial charge in [-0.1, -0.05) is 17.7 Å². The molecule has 1 N–H and O–H groups in total. The summed E-state index contributed by atoms with van der Waals surface area (Å²) < 4.78 is 0.788. The Hall–Kier alpha value is -1.39. The number of nitrogens with zero attached hydrogens (tertiary/aromatic N) is 1. The highest BCUT2D eigenvalue weighted by atomic mass is 79.9. The number of nitrogens with one attached hydrogen (secondary N) is 1. The van der Waals surface area contributed by atoms with Gasteiger partial charge in [0.1, 0.15) is 5.69 Å². The summed E-state index contributed by atoms with van der Waals surface area (Å²) in [7, 11) is 0. The number of aromatic nitrogens is 1. The molecule has 1 heterocycles. The number of amides is 1. The molecule has 0 aliphatic heterocycles. The molecule has 0 saturated heterocycles. The lowest BCUT2D eigenvalue weighted by Gasteiger charge is -2.10. The number of hydrogen-bond donors (Lipinski definition) is 1. The first-order chi connectivity index (χ1) is 8.99. The SMILES string of the molecule is Cc1cc(Br)c(NC(=O)c2ncccc2C)cc1Cl. The molecule has 5 heteroatoms. The zero-order valence-electron chi connectivity index (χ0n) is 10.5. The van der Waals surface area contributed by atoms with Crippen LogP contribution in [0, 0.1) is 13.8 Å². The molecule has 0 saturated carbocycles. The summed E-state index contributed by atoms with van der Waals surface area (Å²) >= 11 is 9.47. The lowest BCUT2D eigenvalue weighted by Crippen LogP contribution is -2.15. The van der Waals surface area contributed by atoms with Crippen molar-refractivity contribution in [3.05, 3.63) is 56.8 Å². The third kappa shape index (κ3) is 3.14. The molecule has 0 atom stereocenters. The van der Waals surface area contributed by atoms with Crippen LogP contribution in [0.5, 0.6) is 0 Å². The van der Waals surface area contributed by atoms with Crippen molar-refractivity contribution >= 4 is 39.1 Å². The minimum atomic E-state index is -0.251. The van der Waals surface area contributed by atoms with Crippen molar-refractivity contribution in [2.75, 3.05) is 5.32 Å². The topological polar surface area (TPSA) is 42.0 Å². The average Bonchev–Trinajstić information content (AvgIpc) is 2.36. The van der Waals surface area contributed by atoms with Crippen LogP contribution in [0.3, 0.4) is 0 Å². The minimum absolute atomic E-state index is 0.251. The Labute approximate surface area is 125 Å². The normalized spacial score (nSPS) is 10.3. The molecule has 0 fully saturated rings. The van der Waals surface area contributed by atoms with E-state index in [9.17, 15) is 4.79 Å². The van der Waals surface area contributed by atoms with E-state index in [2.05, 4.69) is 26.2 Å². The van der Waals surface area contributed by atoms with Gasteiger partial charge in [0.05, 0.1) is 5.69 Å². The molecule has 2 aromatic rings. The fraction of sp³-hybridized carbons (Fsp3) is 0.143. The zero-order valence-corrected chi connectivity index (χ0v) is 12.8. The molecule has 3 nitrogen and oxygen atoms in total. The first-order valence-corrected chi connectivity index (χ1v) is 6.84. The van der Waals surface area contributed by atoms with Gasteiger partial charge in [-0.25, -0.2) is 0 Å². The minimum Gasteiger partial charge on any atom is -0.320 e. The Bertz CT molecular complexity index is 643. The average molecular weight is 340 g/mol. The Morgan fingerprint density at radius 2 is 2.05 bits per heavy atom. The molecule has 1 aromatic carbocycles. The van der Waals surface area contributed by atoms with E-state index in [0.29, 0.717) is 16.4 Å². The second-order valence-electron chi connectivity index (χ2n) is 4.20. The Morgan fingerprint density at radius 3 is 2.74 bits per heavy atom. The fourth-order valence-electron chi connectivity index (χ4n) is 1.65. The van der Waals surface area contributed by atoms with E-state index < -0.39 is 0 Å². The van der Waals surface area contributed by atoms with Gasteiger partial charge in [-0.15, -0.1) is 0 Å². The number of halogens is 2. The molecular weight excluding hydrogens is 328 g/mol. The maximum absolute atomic E-state index is 12.1. The molecule has 0 spiro atoms. The van der Waals surface area contributed by atoms with Crippen LogP contribution >= 0.6 is 27.5 Å². The first-order valence-electron chi connectivity index (χ1n) is 5.67. The van der Waals surface area contributed by atoms with E-state index in [1.807, 2.05) is 26.0 Å². The van der Waals surface area contributed by atoms with Crippen LogP contribution < -0.4 is 5.32 Å². The van der Waals surface area contributed by atoms with E-state index >= 15 is 0 Å². The quantitative estimate of drug-likeness (QED) is 0.883. The number of benzene rings is 1. The molecule has 19 heavy (non-hydrogen) atoms. The Balaban J connectivity index is 2.30. The number of carbonyl (C=O) groups is 1. The molecule has 98 valence electrons. The van der Waals surface area contributed by atoms with Gasteiger partial charge in [-0.05, 0) is 59.1 Å². The smallest absolute Gasteiger partial charge is 0.274 e. The molecule has 0 bridgehead atoms. The van der Waals surface area contributed by atoms with E-state index in [0.717, 1.165) is 15.6 Å². The van der Waals surface area contributed by atoms with Gasteiger partial charge in [-0.2, -0.15) is 0 Å². The second kappa shape index (κ2) is 5.72. The standard InChI is InChI=1S/C14H12BrClN2O/c1-8-4-3-5-17-13(8)14(19)18-12-7-11(16)9(2)6-10(12)15/h3-7H,1-2H3,(H,18,19). The molecule has 1 aromatic heterocycles. The number of carbonyl (C=O) groups excluding carboxylic acids is 1. The van der Waals surface area contributed by atoms with E-state index in [-0.39, 0.29) is 5.91 Å². The third-order valence-electron chi connectivity index (χ3n) is 2.72. The predicted octanol–water partition coefficient (Wildman–Crippen LogP) is 4.37. The maximum Gasteiger partial charge on any atom is 0.274 e. The molecule has 0 aliphatic carbocycles. The maximum atomic E-state index is 12.1. The lowest BCUT2D eigenvalue weighted by molar-refractivity contribution is 0.102. The van der Waals surface area contributed by atoms with Crippen LogP contribution in [-0.4, -0.2) is 10.9 Å². The zero-order chi connectivity index (χ0) is 14.0. The van der Waals surface area contributed by atoms with E-state index in [1.54, 1.807) is 18.3 Å². The summed E-state index contributed by atoms with van der Waals surface area (Å²) in [6, 6.07) is 7.23. The van der Waals surface area contributed by atoms with E-state index in [4.69, 9.17) is 11.6 Å². The Morgan fingerprint density at radius 1 is 1.32 bits per heavy atom. The van der Waals surface area contributed by atoms with Crippen LogP contribution in [0.1, 0.15) is 21.6 Å². The van der Waals surface area contributed by atoms with Crippen molar-refractivity contribution in [3.63, 3.8) is 0 Å². The van der Waals surface area contributed by atoms with Gasteiger partial charge >= 0.3 is 0 Å². The van der Waals surface area contributed by atoms with Gasteiger partial charge in [0.25, 0.3) is 5.91 Å². The molecule has 0 unspecified atom stereocenters. The van der Waals surface area contributed by atoms with Crippen molar-refractivity contribution in [1.82, 2.24) is 4.98 Å². The van der Waals surface area contributed by atoms with Crippen LogP contribution in [0.15, 0.2) is 34.9 Å². The number of rotatable bonds is 2. The largest absolute Gasteiger partial charge is 0.320 e. The summed E-state index contributed by atoms with van der Waals surface area (Å²) in [4.78, 5) is 16.2. The summed E-state index contributed by atoms with van der Waals surface area (Å²) in [6.45, 7) is 3.75. The highest BCUT2D eigenvalue weighted by Crippen LogP contribution is 2.29. The van der Waals surface area contributed by atoms with Crippen LogP contribution in [0.2, 0.25) is 5.02 Å². The molecule has 1 amide bonds. The summed E-state index contributed by atoms with van der Waals surface area (Å²) in [6.07, 6.45) is 1.60. The van der Waals surface area contributed by atoms with Gasteiger partial charge in [0.2, 0.25) is 0 Å². The number of hydrogen-bond acceptors (Lipinski definition) is 2. The number of pyridine rings is 1. The molecule has 0 radical (unpaired) electrons. The van der Waals surface area contributed by atoms with Crippen molar-refractivity contribution in [2.24, 2.45) is 0 Å². The summed E-state index contributed by atoms with van der Waals surface area (Å²) in [5, 5.41) is 3.41. The van der Waals surface area contributed by atoms with Crippen molar-refractivity contribution in [1.29, 1.82) is 0 Å². The molecular formula is C14H12BrClN2O. The number of anilines is 1. The van der Waals surface area contributed by atoms with Crippen LogP contribution in [0.25, 0.3) is 0 Å². The number of aryl methyl sites for hydroxylation is 2. The van der Waals surface area contributed by atoms with Gasteiger partial charge in [0.15, 0.2) is 0 Å². The second-order valence-corrected chi connectivity index (χ2v) is 5.47.